The van der Waals surface area contributed by atoms with E-state index in [9.17, 15) is 14.6 Å². The van der Waals surface area contributed by atoms with Gasteiger partial charge in [-0.3, -0.25) is 4.57 Å². The smallest absolute Gasteiger partial charge is 0.257 e. The molecule has 1 heterocycles. The van der Waals surface area contributed by atoms with Gasteiger partial charge >= 0.3 is 0 Å². The Morgan fingerprint density at radius 3 is 2.61 bits per heavy atom. The van der Waals surface area contributed by atoms with E-state index in [1.807, 2.05) is 31.2 Å². The largest absolute Gasteiger partial charge is 0.391 e. The van der Waals surface area contributed by atoms with Crippen molar-refractivity contribution in [1.29, 1.82) is 0 Å². The van der Waals surface area contributed by atoms with Crippen molar-refractivity contribution in [1.82, 2.24) is 15.5 Å². The van der Waals surface area contributed by atoms with E-state index in [-0.39, 0.29) is 18.7 Å². The molecular weight excluding hydrogens is 377 g/mol. The Bertz CT molecular complexity index is 760. The zero-order chi connectivity index (χ0) is 20.0. The summed E-state index contributed by atoms with van der Waals surface area (Å²) in [6, 6.07) is 7.74. The molecule has 1 aromatic heterocycles. The summed E-state index contributed by atoms with van der Waals surface area (Å²) in [6.45, 7) is 2.27. The molecule has 0 saturated heterocycles. The lowest BCUT2D eigenvalue weighted by molar-refractivity contribution is 0.186. The van der Waals surface area contributed by atoms with E-state index >= 15 is 0 Å². The maximum absolute atomic E-state index is 12.5. The molecule has 0 amide bonds. The maximum atomic E-state index is 12.5. The lowest BCUT2D eigenvalue weighted by Gasteiger charge is -2.25. The molecule has 8 heteroatoms. The van der Waals surface area contributed by atoms with E-state index < -0.39 is 13.5 Å². The lowest BCUT2D eigenvalue weighted by Crippen LogP contribution is -2.32. The molecule has 0 aliphatic heterocycles. The van der Waals surface area contributed by atoms with Gasteiger partial charge in [0, 0.05) is 24.3 Å². The molecule has 1 aliphatic carbocycles. The average Bonchev–Trinajstić information content (AvgIpc) is 3.21. The third-order valence-electron chi connectivity index (χ3n) is 5.44. The van der Waals surface area contributed by atoms with Crippen LogP contribution >= 0.6 is 7.37 Å². The van der Waals surface area contributed by atoms with Crippen molar-refractivity contribution in [3.05, 3.63) is 36.2 Å². The number of aliphatic hydroxyl groups is 1. The van der Waals surface area contributed by atoms with E-state index in [0.29, 0.717) is 18.0 Å². The van der Waals surface area contributed by atoms with Crippen molar-refractivity contribution >= 4 is 7.37 Å². The first-order valence-corrected chi connectivity index (χ1v) is 12.1. The van der Waals surface area contributed by atoms with Crippen LogP contribution in [0.25, 0.3) is 11.5 Å². The number of nitrogens with zero attached hydrogens (tertiary/aromatic N) is 2. The highest BCUT2D eigenvalue weighted by atomic mass is 31.2. The number of nitrogens with one attached hydrogen (secondary N) is 1. The summed E-state index contributed by atoms with van der Waals surface area (Å²) in [7, 11) is -3.30. The predicted molar refractivity (Wildman–Crippen MR) is 108 cm³/mol. The Balaban J connectivity index is 1.45. The summed E-state index contributed by atoms with van der Waals surface area (Å²) in [5, 5.41) is 17.1. The van der Waals surface area contributed by atoms with E-state index in [2.05, 4.69) is 15.5 Å². The van der Waals surface area contributed by atoms with Gasteiger partial charge in [0.2, 0.25) is 7.37 Å². The summed E-state index contributed by atoms with van der Waals surface area (Å²) < 4.78 is 17.5. The first-order valence-electron chi connectivity index (χ1n) is 10.0. The van der Waals surface area contributed by atoms with Crippen LogP contribution in [0.1, 0.15) is 50.6 Å². The minimum Gasteiger partial charge on any atom is -0.391 e. The molecule has 7 nitrogen and oxygen atoms in total. The Morgan fingerprint density at radius 1 is 1.25 bits per heavy atom. The summed E-state index contributed by atoms with van der Waals surface area (Å²) in [4.78, 5) is 14.3. The molecule has 1 aromatic carbocycles. The van der Waals surface area contributed by atoms with Gasteiger partial charge in [0.1, 0.15) is 0 Å². The molecule has 0 spiro atoms. The maximum Gasteiger partial charge on any atom is 0.257 e. The van der Waals surface area contributed by atoms with E-state index in [1.165, 1.54) is 12.7 Å². The highest BCUT2D eigenvalue weighted by molar-refractivity contribution is 7.58. The third-order valence-corrected chi connectivity index (χ3v) is 7.52. The third kappa shape index (κ3) is 6.24. The summed E-state index contributed by atoms with van der Waals surface area (Å²) in [5.41, 5.74) is 1.89. The SMILES string of the molecule is CC(NC[C@H](O)CP(=O)(O)CC1CCCCC1)c1ccc(-c2ncno2)cc1. The Labute approximate surface area is 166 Å². The highest BCUT2D eigenvalue weighted by Crippen LogP contribution is 2.45. The van der Waals surface area contributed by atoms with Gasteiger partial charge in [-0.05, 0) is 43.4 Å². The van der Waals surface area contributed by atoms with Gasteiger partial charge in [0.15, 0.2) is 6.33 Å². The standard InChI is InChI=1S/C20H30N3O4P/c1-15(17-7-9-18(10-8-17)20-22-14-23-27-20)21-11-19(24)13-28(25,26)12-16-5-3-2-4-6-16/h7-10,14-16,19,21,24H,2-6,11-13H2,1H3,(H,25,26)/t15?,19-/m0/s1. The van der Waals surface area contributed by atoms with Gasteiger partial charge in [0.25, 0.3) is 5.89 Å². The summed E-state index contributed by atoms with van der Waals surface area (Å²) in [6.07, 6.45) is 6.44. The number of aliphatic hydroxyl groups excluding tert-OH is 1. The van der Waals surface area contributed by atoms with Crippen molar-refractivity contribution in [2.24, 2.45) is 5.92 Å². The van der Waals surface area contributed by atoms with E-state index in [1.54, 1.807) is 0 Å². The first-order chi connectivity index (χ1) is 13.4. The molecule has 3 N–H and O–H groups in total. The van der Waals surface area contributed by atoms with Crippen molar-refractivity contribution in [2.45, 2.75) is 51.2 Å². The van der Waals surface area contributed by atoms with Gasteiger partial charge in [0.05, 0.1) is 12.3 Å². The van der Waals surface area contributed by atoms with E-state index in [0.717, 1.165) is 36.8 Å². The van der Waals surface area contributed by atoms with Crippen molar-refractivity contribution in [3.63, 3.8) is 0 Å². The molecule has 1 aliphatic rings. The highest BCUT2D eigenvalue weighted by Gasteiger charge is 2.28. The normalized spacial score (nSPS) is 19.8. The van der Waals surface area contributed by atoms with Crippen LogP contribution in [-0.4, -0.2) is 45.1 Å². The molecule has 154 valence electrons. The zero-order valence-electron chi connectivity index (χ0n) is 16.3. The minimum atomic E-state index is -3.30. The van der Waals surface area contributed by atoms with Gasteiger partial charge in [-0.1, -0.05) is 36.6 Å². The van der Waals surface area contributed by atoms with Crippen LogP contribution in [0.2, 0.25) is 0 Å². The van der Waals surface area contributed by atoms with Crippen LogP contribution in [0.3, 0.4) is 0 Å². The van der Waals surface area contributed by atoms with Crippen molar-refractivity contribution < 1.29 is 19.1 Å². The molecule has 1 fully saturated rings. The molecule has 1 saturated carbocycles. The number of rotatable bonds is 9. The van der Waals surface area contributed by atoms with Gasteiger partial charge in [-0.25, -0.2) is 0 Å². The first kappa shape index (κ1) is 21.2. The van der Waals surface area contributed by atoms with Gasteiger partial charge < -0.3 is 19.8 Å². The van der Waals surface area contributed by atoms with Crippen LogP contribution in [0, 0.1) is 5.92 Å². The van der Waals surface area contributed by atoms with Gasteiger partial charge in [-0.2, -0.15) is 4.98 Å². The number of hydrogen-bond acceptors (Lipinski definition) is 6. The Kier molecular flexibility index (Phi) is 7.41. The molecule has 3 atom stereocenters. The number of benzene rings is 1. The van der Waals surface area contributed by atoms with Crippen LogP contribution < -0.4 is 5.32 Å². The Morgan fingerprint density at radius 2 is 1.96 bits per heavy atom. The molecule has 2 aromatic rings. The molecular formula is C20H30N3O4P. The molecule has 28 heavy (non-hydrogen) atoms. The topological polar surface area (TPSA) is 108 Å². The molecule has 3 rings (SSSR count). The minimum absolute atomic E-state index is 0.00260. The van der Waals surface area contributed by atoms with Crippen LogP contribution in [-0.2, 0) is 4.57 Å². The van der Waals surface area contributed by atoms with Crippen LogP contribution in [0.15, 0.2) is 35.1 Å². The second-order valence-corrected chi connectivity index (χ2v) is 10.3. The van der Waals surface area contributed by atoms with Crippen molar-refractivity contribution in [2.75, 3.05) is 18.9 Å². The average molecular weight is 407 g/mol. The predicted octanol–water partition coefficient (Wildman–Crippen LogP) is 3.60. The zero-order valence-corrected chi connectivity index (χ0v) is 17.2. The second kappa shape index (κ2) is 9.79. The summed E-state index contributed by atoms with van der Waals surface area (Å²) >= 11 is 0. The Hall–Kier alpha value is -1.53. The number of hydrogen-bond donors (Lipinski definition) is 3. The molecule has 0 radical (unpaired) electrons. The summed E-state index contributed by atoms with van der Waals surface area (Å²) in [5.74, 6) is 0.806. The van der Waals surface area contributed by atoms with E-state index in [4.69, 9.17) is 4.52 Å². The van der Waals surface area contributed by atoms with Crippen LogP contribution in [0.5, 0.6) is 0 Å². The fraction of sp³-hybridized carbons (Fsp3) is 0.600. The van der Waals surface area contributed by atoms with Crippen LogP contribution in [0.4, 0.5) is 0 Å². The van der Waals surface area contributed by atoms with Crippen molar-refractivity contribution in [3.8, 4) is 11.5 Å². The molecule has 2 unspecified atom stereocenters. The lowest BCUT2D eigenvalue weighted by atomic mass is 9.91. The quantitative estimate of drug-likeness (QED) is 0.545. The monoisotopic (exact) mass is 407 g/mol. The fourth-order valence-corrected chi connectivity index (χ4v) is 6.00. The second-order valence-electron chi connectivity index (χ2n) is 7.87. The number of aromatic nitrogens is 2. The molecule has 0 bridgehead atoms. The fourth-order valence-electron chi connectivity index (χ4n) is 3.89. The van der Waals surface area contributed by atoms with Gasteiger partial charge in [-0.15, -0.1) is 0 Å².